The summed E-state index contributed by atoms with van der Waals surface area (Å²) in [7, 11) is 0. The molecule has 1 atom stereocenters. The van der Waals surface area contributed by atoms with Crippen LogP contribution in [0.5, 0.6) is 0 Å². The molecule has 0 radical (unpaired) electrons. The highest BCUT2D eigenvalue weighted by molar-refractivity contribution is 5.92. The van der Waals surface area contributed by atoms with Gasteiger partial charge in [-0.2, -0.15) is 0 Å². The van der Waals surface area contributed by atoms with Crippen LogP contribution in [0.4, 0.5) is 5.69 Å². The van der Waals surface area contributed by atoms with E-state index >= 15 is 0 Å². The molecular weight excluding hydrogens is 262 g/mol. The highest BCUT2D eigenvalue weighted by Gasteiger charge is 2.28. The van der Waals surface area contributed by atoms with Crippen LogP contribution in [-0.2, 0) is 11.3 Å². The van der Waals surface area contributed by atoms with Gasteiger partial charge in [0, 0.05) is 18.2 Å². The molecule has 1 aromatic carbocycles. The Morgan fingerprint density at radius 3 is 2.67 bits per heavy atom. The van der Waals surface area contributed by atoms with Crippen LogP contribution in [0.15, 0.2) is 24.3 Å². The number of carbonyl (C=O) groups excluding carboxylic acids is 1. The van der Waals surface area contributed by atoms with Gasteiger partial charge in [-0.05, 0) is 49.8 Å². The summed E-state index contributed by atoms with van der Waals surface area (Å²) >= 11 is 0. The van der Waals surface area contributed by atoms with Crippen molar-refractivity contribution in [1.29, 1.82) is 0 Å². The number of anilines is 1. The molecule has 0 bridgehead atoms. The second-order valence-electron chi connectivity index (χ2n) is 5.86. The quantitative estimate of drug-likeness (QED) is 0.809. The summed E-state index contributed by atoms with van der Waals surface area (Å²) in [6.45, 7) is 11.3. The fourth-order valence-electron chi connectivity index (χ4n) is 2.59. The first kappa shape index (κ1) is 16.0. The van der Waals surface area contributed by atoms with Crippen molar-refractivity contribution in [2.75, 3.05) is 31.5 Å². The van der Waals surface area contributed by atoms with Crippen LogP contribution in [0.2, 0.25) is 0 Å². The minimum Gasteiger partial charge on any atom is -0.326 e. The number of carbonyl (C=O) groups is 1. The van der Waals surface area contributed by atoms with Gasteiger partial charge in [0.25, 0.3) is 0 Å². The van der Waals surface area contributed by atoms with E-state index in [1.165, 1.54) is 5.56 Å². The van der Waals surface area contributed by atoms with E-state index in [9.17, 15) is 4.79 Å². The molecule has 1 aliphatic rings. The Labute approximate surface area is 127 Å². The van der Waals surface area contributed by atoms with Gasteiger partial charge in [-0.3, -0.25) is 9.69 Å². The van der Waals surface area contributed by atoms with Crippen LogP contribution in [0, 0.1) is 11.8 Å². The van der Waals surface area contributed by atoms with E-state index in [1.54, 1.807) is 0 Å². The number of rotatable bonds is 7. The second-order valence-corrected chi connectivity index (χ2v) is 5.86. The highest BCUT2D eigenvalue weighted by Crippen LogP contribution is 2.19. The van der Waals surface area contributed by atoms with E-state index in [-0.39, 0.29) is 11.8 Å². The Morgan fingerprint density at radius 1 is 1.38 bits per heavy atom. The molecule has 1 amide bonds. The minimum absolute atomic E-state index is 0.0673. The predicted molar refractivity (Wildman–Crippen MR) is 87.2 cm³/mol. The normalized spacial score (nSPS) is 16.6. The number of nitrogens with zero attached hydrogens (tertiary/aromatic N) is 1. The zero-order valence-electron chi connectivity index (χ0n) is 13.4. The van der Waals surface area contributed by atoms with E-state index in [0.29, 0.717) is 5.92 Å². The summed E-state index contributed by atoms with van der Waals surface area (Å²) in [4.78, 5) is 14.6. The van der Waals surface area contributed by atoms with Gasteiger partial charge in [-0.15, -0.1) is 0 Å². The van der Waals surface area contributed by atoms with Gasteiger partial charge in [0.1, 0.15) is 0 Å². The third-order valence-corrected chi connectivity index (χ3v) is 4.43. The summed E-state index contributed by atoms with van der Waals surface area (Å²) < 4.78 is 0. The molecule has 0 spiro atoms. The second kappa shape index (κ2) is 7.57. The molecule has 1 heterocycles. The third kappa shape index (κ3) is 4.29. The molecular formula is C17H27N3O. The lowest BCUT2D eigenvalue weighted by Crippen LogP contribution is -2.48. The van der Waals surface area contributed by atoms with E-state index in [4.69, 9.17) is 0 Å². The molecule has 0 aromatic heterocycles. The fourth-order valence-corrected chi connectivity index (χ4v) is 2.59. The summed E-state index contributed by atoms with van der Waals surface area (Å²) in [5.41, 5.74) is 2.15. The SMILES string of the molecule is CCN(CC)Cc1cccc(NC(=O)C(C)C2CNC2)c1. The highest BCUT2D eigenvalue weighted by atomic mass is 16.1. The van der Waals surface area contributed by atoms with Crippen LogP contribution in [0.3, 0.4) is 0 Å². The molecule has 1 unspecified atom stereocenters. The lowest BCUT2D eigenvalue weighted by Gasteiger charge is -2.31. The Morgan fingerprint density at radius 2 is 2.10 bits per heavy atom. The summed E-state index contributed by atoms with van der Waals surface area (Å²) in [5.74, 6) is 0.669. The van der Waals surface area contributed by atoms with Crippen molar-refractivity contribution in [3.8, 4) is 0 Å². The molecule has 2 N–H and O–H groups in total. The number of hydrogen-bond acceptors (Lipinski definition) is 3. The summed E-state index contributed by atoms with van der Waals surface area (Å²) in [6.07, 6.45) is 0. The van der Waals surface area contributed by atoms with Gasteiger partial charge in [-0.1, -0.05) is 32.9 Å². The first-order valence-corrected chi connectivity index (χ1v) is 7.96. The standard InChI is InChI=1S/C17H27N3O/c1-4-20(5-2)12-14-7-6-8-16(9-14)19-17(21)13(3)15-10-18-11-15/h6-9,13,15,18H,4-5,10-12H2,1-3H3,(H,19,21). The summed E-state index contributed by atoms with van der Waals surface area (Å²) in [5, 5.41) is 6.27. The van der Waals surface area contributed by atoms with Crippen LogP contribution < -0.4 is 10.6 Å². The number of amides is 1. The average Bonchev–Trinajstić information content (AvgIpc) is 2.43. The van der Waals surface area contributed by atoms with Crippen LogP contribution in [0.1, 0.15) is 26.3 Å². The molecule has 0 aliphatic carbocycles. The van der Waals surface area contributed by atoms with Crippen LogP contribution >= 0.6 is 0 Å². The Bertz CT molecular complexity index is 467. The van der Waals surface area contributed by atoms with Gasteiger partial charge in [-0.25, -0.2) is 0 Å². The van der Waals surface area contributed by atoms with E-state index in [1.807, 2.05) is 19.1 Å². The zero-order valence-corrected chi connectivity index (χ0v) is 13.4. The molecule has 1 saturated heterocycles. The average molecular weight is 289 g/mol. The Kier molecular flexibility index (Phi) is 5.76. The van der Waals surface area contributed by atoms with E-state index < -0.39 is 0 Å². The zero-order chi connectivity index (χ0) is 15.2. The number of nitrogens with one attached hydrogen (secondary N) is 2. The molecule has 1 aliphatic heterocycles. The number of hydrogen-bond donors (Lipinski definition) is 2. The lowest BCUT2D eigenvalue weighted by atomic mass is 9.88. The Balaban J connectivity index is 1.95. The predicted octanol–water partition coefficient (Wildman–Crippen LogP) is 2.32. The lowest BCUT2D eigenvalue weighted by molar-refractivity contribution is -0.121. The van der Waals surface area contributed by atoms with Crippen LogP contribution in [0.25, 0.3) is 0 Å². The minimum atomic E-state index is 0.0673. The third-order valence-electron chi connectivity index (χ3n) is 4.43. The molecule has 4 heteroatoms. The fraction of sp³-hybridized carbons (Fsp3) is 0.588. The van der Waals surface area contributed by atoms with Crippen molar-refractivity contribution in [2.24, 2.45) is 11.8 Å². The van der Waals surface area contributed by atoms with E-state index in [2.05, 4.69) is 41.5 Å². The maximum atomic E-state index is 12.2. The molecule has 0 saturated carbocycles. The van der Waals surface area contributed by atoms with Gasteiger partial charge in [0.05, 0.1) is 0 Å². The van der Waals surface area contributed by atoms with E-state index in [0.717, 1.165) is 38.4 Å². The van der Waals surface area contributed by atoms with Gasteiger partial charge in [0.15, 0.2) is 0 Å². The van der Waals surface area contributed by atoms with Gasteiger partial charge in [0.2, 0.25) is 5.91 Å². The summed E-state index contributed by atoms with van der Waals surface area (Å²) in [6, 6.07) is 8.19. The Hall–Kier alpha value is -1.39. The van der Waals surface area contributed by atoms with Crippen molar-refractivity contribution in [1.82, 2.24) is 10.2 Å². The molecule has 1 aromatic rings. The maximum absolute atomic E-state index is 12.2. The van der Waals surface area contributed by atoms with Gasteiger partial charge < -0.3 is 10.6 Å². The largest absolute Gasteiger partial charge is 0.326 e. The molecule has 1 fully saturated rings. The number of benzene rings is 1. The van der Waals surface area contributed by atoms with Crippen molar-refractivity contribution >= 4 is 11.6 Å². The van der Waals surface area contributed by atoms with Crippen molar-refractivity contribution < 1.29 is 4.79 Å². The molecule has 116 valence electrons. The topological polar surface area (TPSA) is 44.4 Å². The van der Waals surface area contributed by atoms with Crippen molar-refractivity contribution in [3.63, 3.8) is 0 Å². The smallest absolute Gasteiger partial charge is 0.227 e. The van der Waals surface area contributed by atoms with Crippen molar-refractivity contribution in [2.45, 2.75) is 27.3 Å². The molecule has 4 nitrogen and oxygen atoms in total. The maximum Gasteiger partial charge on any atom is 0.227 e. The van der Waals surface area contributed by atoms with Crippen LogP contribution in [-0.4, -0.2) is 37.0 Å². The van der Waals surface area contributed by atoms with Crippen molar-refractivity contribution in [3.05, 3.63) is 29.8 Å². The molecule has 2 rings (SSSR count). The first-order valence-electron chi connectivity index (χ1n) is 7.96. The molecule has 21 heavy (non-hydrogen) atoms. The first-order chi connectivity index (χ1) is 10.1. The van der Waals surface area contributed by atoms with Gasteiger partial charge >= 0.3 is 0 Å². The monoisotopic (exact) mass is 289 g/mol.